The van der Waals surface area contributed by atoms with Gasteiger partial charge in [-0.3, -0.25) is 0 Å². The summed E-state index contributed by atoms with van der Waals surface area (Å²) < 4.78 is 12.6. The Bertz CT molecular complexity index is 232. The summed E-state index contributed by atoms with van der Waals surface area (Å²) in [5.74, 6) is 0. The van der Waals surface area contributed by atoms with Gasteiger partial charge in [0.2, 0.25) is 0 Å². The van der Waals surface area contributed by atoms with Crippen molar-refractivity contribution in [2.45, 2.75) is 20.0 Å². The van der Waals surface area contributed by atoms with E-state index in [1.54, 1.807) is 0 Å². The molecule has 2 N–H and O–H groups in total. The number of alkyl halides is 1. The van der Waals surface area contributed by atoms with E-state index in [1.807, 2.05) is 6.92 Å². The molecule has 0 aliphatic rings. The lowest BCUT2D eigenvalue weighted by Crippen LogP contribution is -1.89. The molecule has 1 aromatic rings. The molecule has 56 valence electrons. The lowest BCUT2D eigenvalue weighted by molar-refractivity contribution is 0.366. The van der Waals surface area contributed by atoms with E-state index in [-0.39, 0.29) is 0 Å². The van der Waals surface area contributed by atoms with Crippen LogP contribution in [0.3, 0.4) is 0 Å². The number of aryl methyl sites for hydroxylation is 1. The molecule has 0 fully saturated rings. The van der Waals surface area contributed by atoms with Crippen molar-refractivity contribution in [3.8, 4) is 0 Å². The van der Waals surface area contributed by atoms with Gasteiger partial charge in [0.1, 0.15) is 6.17 Å². The van der Waals surface area contributed by atoms with Gasteiger partial charge >= 0.3 is 0 Å². The molecule has 0 saturated carbocycles. The van der Waals surface area contributed by atoms with Gasteiger partial charge < -0.3 is 5.73 Å². The van der Waals surface area contributed by atoms with Crippen LogP contribution in [0.4, 0.5) is 9.52 Å². The van der Waals surface area contributed by atoms with Crippen LogP contribution in [0, 0.1) is 6.92 Å². The molecule has 1 rings (SSSR count). The first-order chi connectivity index (χ1) is 4.61. The van der Waals surface area contributed by atoms with Gasteiger partial charge in [-0.1, -0.05) is 0 Å². The Morgan fingerprint density at radius 3 is 2.50 bits per heavy atom. The third kappa shape index (κ3) is 1.26. The number of thiazole rings is 1. The zero-order valence-corrected chi connectivity index (χ0v) is 6.70. The molecule has 0 saturated heterocycles. The van der Waals surface area contributed by atoms with Crippen molar-refractivity contribution in [1.29, 1.82) is 0 Å². The predicted molar refractivity (Wildman–Crippen MR) is 40.8 cm³/mol. The fourth-order valence-corrected chi connectivity index (χ4v) is 1.57. The Morgan fingerprint density at radius 2 is 2.30 bits per heavy atom. The maximum atomic E-state index is 12.6. The van der Waals surface area contributed by atoms with Gasteiger partial charge in [-0.15, -0.1) is 11.3 Å². The number of hydrogen-bond donors (Lipinski definition) is 1. The molecule has 10 heavy (non-hydrogen) atoms. The summed E-state index contributed by atoms with van der Waals surface area (Å²) in [6.45, 7) is 3.28. The second-order valence-corrected chi connectivity index (χ2v) is 3.34. The lowest BCUT2D eigenvalue weighted by Gasteiger charge is -1.95. The number of rotatable bonds is 1. The maximum absolute atomic E-state index is 12.6. The van der Waals surface area contributed by atoms with Crippen molar-refractivity contribution >= 4 is 16.5 Å². The van der Waals surface area contributed by atoms with Gasteiger partial charge in [0.25, 0.3) is 0 Å². The summed E-state index contributed by atoms with van der Waals surface area (Å²) in [4.78, 5) is 4.70. The maximum Gasteiger partial charge on any atom is 0.180 e. The van der Waals surface area contributed by atoms with Crippen LogP contribution < -0.4 is 5.73 Å². The molecule has 1 atom stereocenters. The molecular formula is C6H9FN2S. The van der Waals surface area contributed by atoms with Crippen LogP contribution in [0.15, 0.2) is 0 Å². The zero-order valence-electron chi connectivity index (χ0n) is 5.89. The standard InChI is InChI=1S/C6H9FN2S/c1-3(7)5-4(2)10-6(8)9-5/h3H,1-2H3,(H2,8,9). The SMILES string of the molecule is Cc1sc(N)nc1C(C)F. The number of hydrogen-bond acceptors (Lipinski definition) is 3. The Kier molecular flexibility index (Phi) is 1.89. The molecule has 2 nitrogen and oxygen atoms in total. The van der Waals surface area contributed by atoms with Gasteiger partial charge in [0.15, 0.2) is 5.13 Å². The summed E-state index contributed by atoms with van der Waals surface area (Å²) in [6, 6.07) is 0. The van der Waals surface area contributed by atoms with E-state index in [1.165, 1.54) is 18.3 Å². The lowest BCUT2D eigenvalue weighted by atomic mass is 10.3. The summed E-state index contributed by atoms with van der Waals surface area (Å²) >= 11 is 1.32. The number of aromatic nitrogens is 1. The van der Waals surface area contributed by atoms with Gasteiger partial charge in [0.05, 0.1) is 5.69 Å². The molecule has 1 aromatic heterocycles. The van der Waals surface area contributed by atoms with E-state index in [4.69, 9.17) is 5.73 Å². The van der Waals surface area contributed by atoms with Gasteiger partial charge in [0, 0.05) is 4.88 Å². The van der Waals surface area contributed by atoms with Gasteiger partial charge in [-0.05, 0) is 13.8 Å². The highest BCUT2D eigenvalue weighted by Gasteiger charge is 2.10. The highest BCUT2D eigenvalue weighted by molar-refractivity contribution is 7.15. The molecule has 4 heteroatoms. The van der Waals surface area contributed by atoms with E-state index in [2.05, 4.69) is 4.98 Å². The molecule has 0 spiro atoms. The van der Waals surface area contributed by atoms with E-state index in [0.717, 1.165) is 4.88 Å². The first-order valence-electron chi connectivity index (χ1n) is 2.98. The summed E-state index contributed by atoms with van der Waals surface area (Å²) in [5.41, 5.74) is 5.83. The number of nitrogens with zero attached hydrogens (tertiary/aromatic N) is 1. The van der Waals surface area contributed by atoms with Crippen molar-refractivity contribution in [2.24, 2.45) is 0 Å². The van der Waals surface area contributed by atoms with Crippen LogP contribution in [0.2, 0.25) is 0 Å². The molecule has 0 aromatic carbocycles. The van der Waals surface area contributed by atoms with Gasteiger partial charge in [-0.25, -0.2) is 9.37 Å². The van der Waals surface area contributed by atoms with Crippen molar-refractivity contribution in [2.75, 3.05) is 5.73 Å². The highest BCUT2D eigenvalue weighted by atomic mass is 32.1. The molecule has 0 amide bonds. The van der Waals surface area contributed by atoms with E-state index in [0.29, 0.717) is 10.8 Å². The Balaban J connectivity index is 3.03. The molecule has 0 radical (unpaired) electrons. The Morgan fingerprint density at radius 1 is 1.70 bits per heavy atom. The summed E-state index contributed by atoms with van der Waals surface area (Å²) in [6.07, 6.45) is -1.01. The second kappa shape index (κ2) is 2.54. The number of anilines is 1. The van der Waals surface area contributed by atoms with Crippen LogP contribution >= 0.6 is 11.3 Å². The normalized spacial score (nSPS) is 13.5. The minimum atomic E-state index is -1.01. The zero-order chi connectivity index (χ0) is 7.72. The monoisotopic (exact) mass is 160 g/mol. The number of nitrogens with two attached hydrogens (primary N) is 1. The average molecular weight is 160 g/mol. The van der Waals surface area contributed by atoms with Crippen LogP contribution in [0.1, 0.15) is 23.7 Å². The molecule has 0 bridgehead atoms. The first-order valence-corrected chi connectivity index (χ1v) is 3.79. The molecule has 0 aliphatic carbocycles. The van der Waals surface area contributed by atoms with Crippen LogP contribution in [0.25, 0.3) is 0 Å². The fourth-order valence-electron chi connectivity index (χ4n) is 0.798. The third-order valence-electron chi connectivity index (χ3n) is 1.23. The third-order valence-corrected chi connectivity index (χ3v) is 2.04. The van der Waals surface area contributed by atoms with E-state index >= 15 is 0 Å². The summed E-state index contributed by atoms with van der Waals surface area (Å²) in [5, 5.41) is 0.442. The second-order valence-electron chi connectivity index (χ2n) is 2.11. The molecule has 1 unspecified atom stereocenters. The molecular weight excluding hydrogens is 151 g/mol. The summed E-state index contributed by atoms with van der Waals surface area (Å²) in [7, 11) is 0. The number of nitrogen functional groups attached to an aromatic ring is 1. The number of halogens is 1. The molecule has 0 aliphatic heterocycles. The highest BCUT2D eigenvalue weighted by Crippen LogP contribution is 2.25. The van der Waals surface area contributed by atoms with Crippen LogP contribution in [0.5, 0.6) is 0 Å². The largest absolute Gasteiger partial charge is 0.375 e. The average Bonchev–Trinajstić information content (AvgIpc) is 2.10. The minimum absolute atomic E-state index is 0.442. The van der Waals surface area contributed by atoms with Crippen molar-refractivity contribution in [3.05, 3.63) is 10.6 Å². The van der Waals surface area contributed by atoms with Crippen molar-refractivity contribution in [1.82, 2.24) is 4.98 Å². The van der Waals surface area contributed by atoms with Crippen molar-refractivity contribution < 1.29 is 4.39 Å². The minimum Gasteiger partial charge on any atom is -0.375 e. The Hall–Kier alpha value is -0.640. The van der Waals surface area contributed by atoms with Crippen molar-refractivity contribution in [3.63, 3.8) is 0 Å². The first kappa shape index (κ1) is 7.47. The van der Waals surface area contributed by atoms with Crippen LogP contribution in [-0.4, -0.2) is 4.98 Å². The topological polar surface area (TPSA) is 38.9 Å². The van der Waals surface area contributed by atoms with E-state index in [9.17, 15) is 4.39 Å². The predicted octanol–water partition coefficient (Wildman–Crippen LogP) is 2.06. The van der Waals surface area contributed by atoms with Crippen LogP contribution in [-0.2, 0) is 0 Å². The van der Waals surface area contributed by atoms with E-state index < -0.39 is 6.17 Å². The Labute approximate surface area is 62.9 Å². The smallest absolute Gasteiger partial charge is 0.180 e. The quantitative estimate of drug-likeness (QED) is 0.683. The fraction of sp³-hybridized carbons (Fsp3) is 0.500. The molecule has 1 heterocycles. The van der Waals surface area contributed by atoms with Gasteiger partial charge in [-0.2, -0.15) is 0 Å².